The van der Waals surface area contributed by atoms with Gasteiger partial charge in [0.05, 0.1) is 12.7 Å². The highest BCUT2D eigenvalue weighted by molar-refractivity contribution is 6.02. The predicted molar refractivity (Wildman–Crippen MR) is 158 cm³/mol. The van der Waals surface area contributed by atoms with Crippen molar-refractivity contribution < 1.29 is 23.5 Å². The Kier molecular flexibility index (Phi) is 9.95. The molecule has 3 aromatic carbocycles. The van der Waals surface area contributed by atoms with Gasteiger partial charge < -0.3 is 25.2 Å². The SMILES string of the molecule is COc1ccc(C(=O)N2CCCN(c3ccc(NC(=O)CC(C)C)cc3C(=O)NCc3ccc(F)cc3)CC2)cc1. The molecule has 1 saturated heterocycles. The highest BCUT2D eigenvalue weighted by Gasteiger charge is 2.24. The molecule has 0 aliphatic carbocycles. The van der Waals surface area contributed by atoms with Crippen molar-refractivity contribution in [3.05, 3.63) is 89.2 Å². The standard InChI is InChI=1S/C32H37FN4O4/c1-22(2)19-30(38)35-26-11-14-29(28(20-26)31(39)34-21-23-5-9-25(33)10-6-23)36-15-4-16-37(18-17-36)32(40)24-7-12-27(41-3)13-8-24/h5-14,20,22H,4,15-19,21H2,1-3H3,(H,34,39)(H,35,38). The first-order valence-electron chi connectivity index (χ1n) is 13.9. The Morgan fingerprint density at radius 2 is 1.66 bits per heavy atom. The van der Waals surface area contributed by atoms with E-state index in [0.717, 1.165) is 17.7 Å². The Labute approximate surface area is 240 Å². The molecule has 0 atom stereocenters. The summed E-state index contributed by atoms with van der Waals surface area (Å²) in [5.74, 6) is 0.0847. The van der Waals surface area contributed by atoms with Crippen LogP contribution in [0, 0.1) is 11.7 Å². The summed E-state index contributed by atoms with van der Waals surface area (Å²) in [5, 5.41) is 5.82. The van der Waals surface area contributed by atoms with Gasteiger partial charge in [0.2, 0.25) is 5.91 Å². The molecule has 0 unspecified atom stereocenters. The third-order valence-corrected chi connectivity index (χ3v) is 6.95. The van der Waals surface area contributed by atoms with Gasteiger partial charge in [-0.3, -0.25) is 14.4 Å². The minimum Gasteiger partial charge on any atom is -0.497 e. The van der Waals surface area contributed by atoms with Crippen LogP contribution < -0.4 is 20.3 Å². The van der Waals surface area contributed by atoms with E-state index < -0.39 is 0 Å². The predicted octanol–water partition coefficient (Wildman–Crippen LogP) is 5.10. The zero-order valence-corrected chi connectivity index (χ0v) is 23.8. The number of anilines is 2. The molecule has 1 fully saturated rings. The van der Waals surface area contributed by atoms with Crippen LogP contribution >= 0.6 is 0 Å². The monoisotopic (exact) mass is 560 g/mol. The summed E-state index contributed by atoms with van der Waals surface area (Å²) in [6, 6.07) is 18.4. The number of hydrogen-bond donors (Lipinski definition) is 2. The molecule has 9 heteroatoms. The number of carbonyl (C=O) groups excluding carboxylic acids is 3. The Balaban J connectivity index is 1.52. The van der Waals surface area contributed by atoms with Gasteiger partial charge in [0.25, 0.3) is 11.8 Å². The second-order valence-corrected chi connectivity index (χ2v) is 10.5. The van der Waals surface area contributed by atoms with E-state index in [1.807, 2.05) is 24.8 Å². The molecule has 1 aliphatic heterocycles. The molecule has 0 aromatic heterocycles. The Hall–Kier alpha value is -4.40. The summed E-state index contributed by atoms with van der Waals surface area (Å²) < 4.78 is 18.5. The van der Waals surface area contributed by atoms with Crippen LogP contribution in [-0.4, -0.2) is 55.9 Å². The fraction of sp³-hybridized carbons (Fsp3) is 0.344. The molecule has 1 heterocycles. The lowest BCUT2D eigenvalue weighted by molar-refractivity contribution is -0.116. The quantitative estimate of drug-likeness (QED) is 0.380. The first kappa shape index (κ1) is 29.6. The van der Waals surface area contributed by atoms with Gasteiger partial charge in [-0.1, -0.05) is 26.0 Å². The van der Waals surface area contributed by atoms with E-state index in [9.17, 15) is 18.8 Å². The summed E-state index contributed by atoms with van der Waals surface area (Å²) in [5.41, 5.74) is 3.05. The summed E-state index contributed by atoms with van der Waals surface area (Å²) in [6.45, 7) is 6.46. The van der Waals surface area contributed by atoms with E-state index in [0.29, 0.717) is 55.2 Å². The van der Waals surface area contributed by atoms with Crippen LogP contribution in [0.3, 0.4) is 0 Å². The minimum absolute atomic E-state index is 0.0463. The molecule has 3 amide bonds. The molecule has 2 N–H and O–H groups in total. The second kappa shape index (κ2) is 13.8. The van der Waals surface area contributed by atoms with Crippen molar-refractivity contribution in [2.75, 3.05) is 43.5 Å². The van der Waals surface area contributed by atoms with Crippen LogP contribution in [0.4, 0.5) is 15.8 Å². The van der Waals surface area contributed by atoms with Gasteiger partial charge in [0.15, 0.2) is 0 Å². The Morgan fingerprint density at radius 1 is 0.927 bits per heavy atom. The van der Waals surface area contributed by atoms with Gasteiger partial charge in [0.1, 0.15) is 11.6 Å². The number of amides is 3. The second-order valence-electron chi connectivity index (χ2n) is 10.5. The van der Waals surface area contributed by atoms with Crippen molar-refractivity contribution in [3.8, 4) is 5.75 Å². The van der Waals surface area contributed by atoms with Crippen molar-refractivity contribution in [2.45, 2.75) is 33.2 Å². The summed E-state index contributed by atoms with van der Waals surface area (Å²) in [4.78, 5) is 43.0. The van der Waals surface area contributed by atoms with E-state index in [4.69, 9.17) is 4.74 Å². The molecule has 1 aliphatic rings. The molecule has 8 nitrogen and oxygen atoms in total. The zero-order chi connectivity index (χ0) is 29.4. The van der Waals surface area contributed by atoms with Crippen LogP contribution in [0.15, 0.2) is 66.7 Å². The average molecular weight is 561 g/mol. The van der Waals surface area contributed by atoms with Crippen LogP contribution in [-0.2, 0) is 11.3 Å². The summed E-state index contributed by atoms with van der Waals surface area (Å²) in [7, 11) is 1.59. The van der Waals surface area contributed by atoms with Crippen molar-refractivity contribution >= 4 is 29.1 Å². The maximum absolute atomic E-state index is 13.5. The number of nitrogens with one attached hydrogen (secondary N) is 2. The normalized spacial score (nSPS) is 13.5. The number of rotatable bonds is 9. The van der Waals surface area contributed by atoms with Gasteiger partial charge in [-0.15, -0.1) is 0 Å². The van der Waals surface area contributed by atoms with E-state index >= 15 is 0 Å². The summed E-state index contributed by atoms with van der Waals surface area (Å²) in [6.07, 6.45) is 1.10. The molecule has 0 radical (unpaired) electrons. The average Bonchev–Trinajstić information content (AvgIpc) is 3.22. The number of ether oxygens (including phenoxy) is 1. The first-order chi connectivity index (χ1) is 19.7. The van der Waals surface area contributed by atoms with Crippen molar-refractivity contribution in [1.82, 2.24) is 10.2 Å². The van der Waals surface area contributed by atoms with Gasteiger partial charge in [-0.05, 0) is 72.5 Å². The van der Waals surface area contributed by atoms with Crippen LogP contribution in [0.25, 0.3) is 0 Å². The Bertz CT molecular complexity index is 1360. The molecule has 0 spiro atoms. The lowest BCUT2D eigenvalue weighted by atomic mass is 10.1. The van der Waals surface area contributed by atoms with Gasteiger partial charge in [-0.2, -0.15) is 0 Å². The van der Waals surface area contributed by atoms with E-state index in [-0.39, 0.29) is 36.0 Å². The Morgan fingerprint density at radius 3 is 2.34 bits per heavy atom. The molecule has 0 saturated carbocycles. The molecule has 0 bridgehead atoms. The van der Waals surface area contributed by atoms with Gasteiger partial charge in [-0.25, -0.2) is 4.39 Å². The first-order valence-corrected chi connectivity index (χ1v) is 13.9. The van der Waals surface area contributed by atoms with Crippen LogP contribution in [0.5, 0.6) is 5.75 Å². The number of carbonyl (C=O) groups is 3. The van der Waals surface area contributed by atoms with Crippen molar-refractivity contribution in [1.29, 1.82) is 0 Å². The lowest BCUT2D eigenvalue weighted by Gasteiger charge is -2.26. The van der Waals surface area contributed by atoms with Crippen molar-refractivity contribution in [2.24, 2.45) is 5.92 Å². The highest BCUT2D eigenvalue weighted by atomic mass is 19.1. The molecular formula is C32H37FN4O4. The third-order valence-electron chi connectivity index (χ3n) is 6.95. The molecular weight excluding hydrogens is 523 g/mol. The van der Waals surface area contributed by atoms with Gasteiger partial charge in [0, 0.05) is 56.1 Å². The number of benzene rings is 3. The van der Waals surface area contributed by atoms with Gasteiger partial charge >= 0.3 is 0 Å². The fourth-order valence-corrected chi connectivity index (χ4v) is 4.81. The van der Waals surface area contributed by atoms with Crippen LogP contribution in [0.2, 0.25) is 0 Å². The molecule has 41 heavy (non-hydrogen) atoms. The van der Waals surface area contributed by atoms with Crippen LogP contribution in [0.1, 0.15) is 53.0 Å². The number of halogens is 1. The van der Waals surface area contributed by atoms with E-state index in [2.05, 4.69) is 15.5 Å². The highest BCUT2D eigenvalue weighted by Crippen LogP contribution is 2.27. The zero-order valence-electron chi connectivity index (χ0n) is 23.8. The maximum atomic E-state index is 13.5. The number of nitrogens with zero attached hydrogens (tertiary/aromatic N) is 2. The molecule has 216 valence electrons. The van der Waals surface area contributed by atoms with E-state index in [1.54, 1.807) is 55.6 Å². The number of methoxy groups -OCH3 is 1. The summed E-state index contributed by atoms with van der Waals surface area (Å²) >= 11 is 0. The minimum atomic E-state index is -0.340. The topological polar surface area (TPSA) is 91.0 Å². The maximum Gasteiger partial charge on any atom is 0.253 e. The molecule has 4 rings (SSSR count). The smallest absolute Gasteiger partial charge is 0.253 e. The fourth-order valence-electron chi connectivity index (χ4n) is 4.81. The molecule has 3 aromatic rings. The lowest BCUT2D eigenvalue weighted by Crippen LogP contribution is -2.36. The van der Waals surface area contributed by atoms with Crippen molar-refractivity contribution in [3.63, 3.8) is 0 Å². The number of hydrogen-bond acceptors (Lipinski definition) is 5. The van der Waals surface area contributed by atoms with E-state index in [1.165, 1.54) is 12.1 Å². The largest absolute Gasteiger partial charge is 0.497 e. The third kappa shape index (κ3) is 8.06.